The normalized spacial score (nSPS) is 22.0. The van der Waals surface area contributed by atoms with Gasteiger partial charge in [-0.25, -0.2) is 0 Å². The second-order valence-electron chi connectivity index (χ2n) is 6.70. The Morgan fingerprint density at radius 1 is 1.09 bits per heavy atom. The minimum absolute atomic E-state index is 0.00344. The lowest BCUT2D eigenvalue weighted by Gasteiger charge is -2.39. The van der Waals surface area contributed by atoms with Crippen molar-refractivity contribution in [3.63, 3.8) is 0 Å². The van der Waals surface area contributed by atoms with Crippen molar-refractivity contribution in [1.82, 2.24) is 10.6 Å². The van der Waals surface area contributed by atoms with E-state index in [2.05, 4.69) is 10.6 Å². The summed E-state index contributed by atoms with van der Waals surface area (Å²) in [4.78, 5) is 25.5. The van der Waals surface area contributed by atoms with E-state index in [-0.39, 0.29) is 17.7 Å². The van der Waals surface area contributed by atoms with Crippen LogP contribution in [0.1, 0.15) is 57.6 Å². The molecule has 1 aliphatic carbocycles. The molecule has 4 nitrogen and oxygen atoms in total. The number of benzene rings is 1. The summed E-state index contributed by atoms with van der Waals surface area (Å²) >= 11 is 0. The van der Waals surface area contributed by atoms with Gasteiger partial charge < -0.3 is 10.6 Å². The number of hydrogen-bond acceptors (Lipinski definition) is 3. The summed E-state index contributed by atoms with van der Waals surface area (Å²) < 4.78 is 0. The number of carbonyl (C=O) groups is 2. The second-order valence-corrected chi connectivity index (χ2v) is 6.70. The third-order valence-corrected chi connectivity index (χ3v) is 5.19. The standard InChI is InChI=1S/C19H24N2O2/c1-13-16(22)19(11-7-4-8-12-19)18(23)21-17(13)20-14(2)15-9-5-3-6-10-15/h3,5-6,9-10,14,20H,4,7-8,11-12H2,1-2H3,(H,21,23)/t14-/m0/s1. The largest absolute Gasteiger partial charge is 0.365 e. The molecule has 0 radical (unpaired) electrons. The monoisotopic (exact) mass is 312 g/mol. The molecule has 2 N–H and O–H groups in total. The lowest BCUT2D eigenvalue weighted by molar-refractivity contribution is -0.143. The third kappa shape index (κ3) is 2.78. The SMILES string of the molecule is CC1=C(N[C@@H](C)c2ccccc2)NC(=O)C2(CCCCC2)C1=O. The van der Waals surface area contributed by atoms with Gasteiger partial charge >= 0.3 is 0 Å². The van der Waals surface area contributed by atoms with Gasteiger partial charge in [0.15, 0.2) is 5.78 Å². The van der Waals surface area contributed by atoms with Crippen LogP contribution in [0.5, 0.6) is 0 Å². The Hall–Kier alpha value is -2.10. The van der Waals surface area contributed by atoms with Crippen LogP contribution in [0, 0.1) is 5.41 Å². The lowest BCUT2D eigenvalue weighted by Crippen LogP contribution is -2.54. The van der Waals surface area contributed by atoms with E-state index in [4.69, 9.17) is 0 Å². The van der Waals surface area contributed by atoms with Crippen molar-refractivity contribution in [1.29, 1.82) is 0 Å². The van der Waals surface area contributed by atoms with Gasteiger partial charge in [-0.15, -0.1) is 0 Å². The van der Waals surface area contributed by atoms with Crippen molar-refractivity contribution in [2.45, 2.75) is 52.0 Å². The van der Waals surface area contributed by atoms with Crippen LogP contribution in [0.2, 0.25) is 0 Å². The number of amides is 1. The topological polar surface area (TPSA) is 58.2 Å². The second kappa shape index (κ2) is 6.19. The van der Waals surface area contributed by atoms with Crippen LogP contribution in [-0.4, -0.2) is 11.7 Å². The first kappa shape index (κ1) is 15.8. The molecular weight excluding hydrogens is 288 g/mol. The maximum Gasteiger partial charge on any atom is 0.239 e. The highest BCUT2D eigenvalue weighted by molar-refractivity contribution is 6.16. The number of ketones is 1. The molecule has 1 aromatic carbocycles. The first-order valence-corrected chi connectivity index (χ1v) is 8.43. The summed E-state index contributed by atoms with van der Waals surface area (Å²) in [6, 6.07) is 10.0. The number of hydrogen-bond donors (Lipinski definition) is 2. The fraction of sp³-hybridized carbons (Fsp3) is 0.474. The van der Waals surface area contributed by atoms with Gasteiger partial charge in [0.25, 0.3) is 0 Å². The summed E-state index contributed by atoms with van der Waals surface area (Å²) in [6.45, 7) is 3.84. The molecule has 3 rings (SSSR count). The van der Waals surface area contributed by atoms with E-state index >= 15 is 0 Å². The summed E-state index contributed by atoms with van der Waals surface area (Å²) in [5, 5.41) is 6.26. The Morgan fingerprint density at radius 2 is 1.74 bits per heavy atom. The summed E-state index contributed by atoms with van der Waals surface area (Å²) in [6.07, 6.45) is 4.37. The summed E-state index contributed by atoms with van der Waals surface area (Å²) in [5.74, 6) is 0.437. The van der Waals surface area contributed by atoms with Crippen molar-refractivity contribution in [3.05, 3.63) is 47.3 Å². The van der Waals surface area contributed by atoms with Crippen molar-refractivity contribution in [3.8, 4) is 0 Å². The molecule has 0 aromatic heterocycles. The van der Waals surface area contributed by atoms with Crippen LogP contribution in [0.3, 0.4) is 0 Å². The van der Waals surface area contributed by atoms with Crippen molar-refractivity contribution >= 4 is 11.7 Å². The molecule has 4 heteroatoms. The van der Waals surface area contributed by atoms with Gasteiger partial charge in [-0.05, 0) is 32.3 Å². The molecular formula is C19H24N2O2. The van der Waals surface area contributed by atoms with E-state index in [0.29, 0.717) is 24.2 Å². The Labute approximate surface area is 137 Å². The van der Waals surface area contributed by atoms with E-state index in [1.165, 1.54) is 0 Å². The van der Waals surface area contributed by atoms with Gasteiger partial charge in [-0.3, -0.25) is 9.59 Å². The van der Waals surface area contributed by atoms with Gasteiger partial charge in [-0.2, -0.15) is 0 Å². The van der Waals surface area contributed by atoms with E-state index in [1.54, 1.807) is 0 Å². The molecule has 0 bridgehead atoms. The highest BCUT2D eigenvalue weighted by Crippen LogP contribution is 2.41. The Balaban J connectivity index is 1.83. The van der Waals surface area contributed by atoms with Gasteiger partial charge in [0.1, 0.15) is 11.2 Å². The van der Waals surface area contributed by atoms with Crippen LogP contribution in [0.25, 0.3) is 0 Å². The van der Waals surface area contributed by atoms with E-state index in [0.717, 1.165) is 24.8 Å². The van der Waals surface area contributed by atoms with E-state index < -0.39 is 5.41 Å². The van der Waals surface area contributed by atoms with Crippen molar-refractivity contribution < 1.29 is 9.59 Å². The third-order valence-electron chi connectivity index (χ3n) is 5.19. The molecule has 2 aliphatic rings. The molecule has 1 heterocycles. The van der Waals surface area contributed by atoms with Gasteiger partial charge in [-0.1, -0.05) is 49.6 Å². The predicted octanol–water partition coefficient (Wildman–Crippen LogP) is 3.22. The molecule has 1 aliphatic heterocycles. The van der Waals surface area contributed by atoms with Crippen LogP contribution in [-0.2, 0) is 9.59 Å². The van der Waals surface area contributed by atoms with Crippen LogP contribution in [0.4, 0.5) is 0 Å². The maximum atomic E-state index is 12.9. The average Bonchev–Trinajstić information content (AvgIpc) is 2.60. The zero-order valence-electron chi connectivity index (χ0n) is 13.8. The molecule has 1 fully saturated rings. The number of Topliss-reactive ketones (excluding diaryl/α,β-unsaturated/α-hetero) is 1. The number of allylic oxidation sites excluding steroid dienone is 1. The molecule has 0 unspecified atom stereocenters. The first-order chi connectivity index (χ1) is 11.0. The number of carbonyl (C=O) groups excluding carboxylic acids is 2. The molecule has 122 valence electrons. The zero-order chi connectivity index (χ0) is 16.4. The van der Waals surface area contributed by atoms with Gasteiger partial charge in [0, 0.05) is 11.6 Å². The average molecular weight is 312 g/mol. The van der Waals surface area contributed by atoms with Crippen LogP contribution < -0.4 is 10.6 Å². The number of rotatable bonds is 3. The lowest BCUT2D eigenvalue weighted by atomic mass is 9.67. The van der Waals surface area contributed by atoms with Crippen molar-refractivity contribution in [2.75, 3.05) is 0 Å². The quantitative estimate of drug-likeness (QED) is 0.843. The van der Waals surface area contributed by atoms with Crippen LogP contribution >= 0.6 is 0 Å². The van der Waals surface area contributed by atoms with E-state index in [9.17, 15) is 9.59 Å². The summed E-state index contributed by atoms with van der Waals surface area (Å²) in [5.41, 5.74) is 0.950. The maximum absolute atomic E-state index is 12.9. The van der Waals surface area contributed by atoms with Crippen molar-refractivity contribution in [2.24, 2.45) is 5.41 Å². The fourth-order valence-electron chi connectivity index (χ4n) is 3.70. The highest BCUT2D eigenvalue weighted by atomic mass is 16.2. The van der Waals surface area contributed by atoms with E-state index in [1.807, 2.05) is 44.2 Å². The van der Waals surface area contributed by atoms with Crippen LogP contribution in [0.15, 0.2) is 41.7 Å². The molecule has 23 heavy (non-hydrogen) atoms. The molecule has 0 saturated heterocycles. The first-order valence-electron chi connectivity index (χ1n) is 8.43. The molecule has 1 spiro atoms. The van der Waals surface area contributed by atoms with Gasteiger partial charge in [0.2, 0.25) is 5.91 Å². The fourth-order valence-corrected chi connectivity index (χ4v) is 3.70. The Morgan fingerprint density at radius 3 is 2.39 bits per heavy atom. The zero-order valence-corrected chi connectivity index (χ0v) is 13.8. The summed E-state index contributed by atoms with van der Waals surface area (Å²) in [7, 11) is 0. The molecule has 1 aromatic rings. The smallest absolute Gasteiger partial charge is 0.239 e. The Kier molecular flexibility index (Phi) is 4.24. The molecule has 1 amide bonds. The highest BCUT2D eigenvalue weighted by Gasteiger charge is 2.49. The number of nitrogens with one attached hydrogen (secondary N) is 2. The molecule has 1 saturated carbocycles. The van der Waals surface area contributed by atoms with Gasteiger partial charge in [0.05, 0.1) is 0 Å². The predicted molar refractivity (Wildman–Crippen MR) is 89.4 cm³/mol. The Bertz CT molecular complexity index is 643. The molecule has 1 atom stereocenters. The minimum atomic E-state index is -0.816. The minimum Gasteiger partial charge on any atom is -0.365 e.